The zero-order chi connectivity index (χ0) is 17.2. The van der Waals surface area contributed by atoms with Gasteiger partial charge in [-0.1, -0.05) is 12.1 Å². The van der Waals surface area contributed by atoms with Gasteiger partial charge in [0, 0.05) is 45.5 Å². The number of nitrogens with one attached hydrogen (secondary N) is 1. The Bertz CT molecular complexity index is 614. The van der Waals surface area contributed by atoms with Crippen molar-refractivity contribution in [3.8, 4) is 5.75 Å². The number of rotatable bonds is 9. The van der Waals surface area contributed by atoms with Crippen LogP contribution in [0.15, 0.2) is 48.8 Å². The van der Waals surface area contributed by atoms with Crippen molar-refractivity contribution in [1.29, 1.82) is 0 Å². The number of ether oxygens (including phenoxy) is 1. The van der Waals surface area contributed by atoms with E-state index in [2.05, 4.69) is 10.3 Å². The van der Waals surface area contributed by atoms with Crippen LogP contribution < -0.4 is 10.1 Å². The molecule has 0 saturated heterocycles. The summed E-state index contributed by atoms with van der Waals surface area (Å²) in [6.45, 7) is 2.14. The highest BCUT2D eigenvalue weighted by atomic mass is 16.5. The number of benzene rings is 1. The molecule has 0 aliphatic carbocycles. The molecule has 128 valence electrons. The molecule has 5 nitrogen and oxygen atoms in total. The van der Waals surface area contributed by atoms with Crippen LogP contribution in [0.25, 0.3) is 0 Å². The molecule has 1 heterocycles. The van der Waals surface area contributed by atoms with Crippen molar-refractivity contribution in [3.63, 3.8) is 0 Å². The quantitative estimate of drug-likeness (QED) is 0.718. The van der Waals surface area contributed by atoms with E-state index in [-0.39, 0.29) is 5.91 Å². The fourth-order valence-electron chi connectivity index (χ4n) is 2.33. The minimum absolute atomic E-state index is 0.159. The van der Waals surface area contributed by atoms with Crippen molar-refractivity contribution in [2.75, 3.05) is 27.2 Å². The van der Waals surface area contributed by atoms with Gasteiger partial charge in [0.2, 0.25) is 5.91 Å². The molecular formula is C19H25N3O2. The molecule has 0 bridgehead atoms. The molecule has 1 aromatic heterocycles. The molecule has 1 amide bonds. The predicted molar refractivity (Wildman–Crippen MR) is 94.9 cm³/mol. The third kappa shape index (κ3) is 6.01. The summed E-state index contributed by atoms with van der Waals surface area (Å²) < 4.78 is 5.13. The van der Waals surface area contributed by atoms with Crippen LogP contribution in [-0.4, -0.2) is 43.0 Å². The Morgan fingerprint density at radius 3 is 2.50 bits per heavy atom. The summed E-state index contributed by atoms with van der Waals surface area (Å²) >= 11 is 0. The molecular weight excluding hydrogens is 302 g/mol. The second kappa shape index (κ2) is 9.67. The van der Waals surface area contributed by atoms with E-state index >= 15 is 0 Å². The van der Waals surface area contributed by atoms with Crippen molar-refractivity contribution in [2.24, 2.45) is 0 Å². The van der Waals surface area contributed by atoms with Gasteiger partial charge >= 0.3 is 0 Å². The molecule has 5 heteroatoms. The lowest BCUT2D eigenvalue weighted by atomic mass is 10.2. The minimum atomic E-state index is 0.159. The summed E-state index contributed by atoms with van der Waals surface area (Å²) in [4.78, 5) is 17.9. The molecule has 1 aromatic carbocycles. The number of amides is 1. The van der Waals surface area contributed by atoms with Crippen LogP contribution in [0.4, 0.5) is 0 Å². The molecule has 0 radical (unpaired) electrons. The van der Waals surface area contributed by atoms with Gasteiger partial charge in [0.15, 0.2) is 0 Å². The van der Waals surface area contributed by atoms with Gasteiger partial charge in [-0.2, -0.15) is 0 Å². The van der Waals surface area contributed by atoms with E-state index in [0.29, 0.717) is 13.0 Å². The van der Waals surface area contributed by atoms with Gasteiger partial charge in [-0.25, -0.2) is 0 Å². The van der Waals surface area contributed by atoms with E-state index in [0.717, 1.165) is 25.3 Å². The van der Waals surface area contributed by atoms with Gasteiger partial charge in [-0.05, 0) is 41.8 Å². The Balaban J connectivity index is 1.63. The maximum Gasteiger partial charge on any atom is 0.223 e. The SMILES string of the molecule is COc1ccc(CNCCC(=O)N(C)CCc2ccncc2)cc1. The highest BCUT2D eigenvalue weighted by molar-refractivity contribution is 5.76. The average molecular weight is 327 g/mol. The smallest absolute Gasteiger partial charge is 0.223 e. The molecule has 0 fully saturated rings. The molecule has 0 atom stereocenters. The lowest BCUT2D eigenvalue weighted by Crippen LogP contribution is -2.31. The molecule has 1 N–H and O–H groups in total. The lowest BCUT2D eigenvalue weighted by Gasteiger charge is -2.17. The Labute approximate surface area is 143 Å². The number of hydrogen-bond acceptors (Lipinski definition) is 4. The second-order valence-corrected chi connectivity index (χ2v) is 5.70. The third-order valence-corrected chi connectivity index (χ3v) is 3.91. The van der Waals surface area contributed by atoms with Crippen LogP contribution in [0.5, 0.6) is 5.75 Å². The van der Waals surface area contributed by atoms with Gasteiger partial charge in [0.05, 0.1) is 7.11 Å². The fourth-order valence-corrected chi connectivity index (χ4v) is 2.33. The first-order valence-electron chi connectivity index (χ1n) is 8.15. The monoisotopic (exact) mass is 327 g/mol. The molecule has 2 aromatic rings. The fraction of sp³-hybridized carbons (Fsp3) is 0.368. The van der Waals surface area contributed by atoms with Crippen LogP contribution in [-0.2, 0) is 17.8 Å². The first-order valence-corrected chi connectivity index (χ1v) is 8.15. The Morgan fingerprint density at radius 1 is 1.12 bits per heavy atom. The zero-order valence-corrected chi connectivity index (χ0v) is 14.4. The Kier molecular flexibility index (Phi) is 7.23. The number of aromatic nitrogens is 1. The first kappa shape index (κ1) is 17.9. The standard InChI is InChI=1S/C19H25N3O2/c1-22(14-10-16-7-11-20-12-8-16)19(23)9-13-21-15-17-3-5-18(24-2)6-4-17/h3-8,11-12,21H,9-10,13-15H2,1-2H3. The summed E-state index contributed by atoms with van der Waals surface area (Å²) in [5.74, 6) is 1.01. The summed E-state index contributed by atoms with van der Waals surface area (Å²) in [6.07, 6.45) is 4.91. The van der Waals surface area contributed by atoms with E-state index in [1.807, 2.05) is 43.4 Å². The maximum absolute atomic E-state index is 12.1. The van der Waals surface area contributed by atoms with Crippen LogP contribution >= 0.6 is 0 Å². The number of likely N-dealkylation sites (N-methyl/N-ethyl adjacent to an activating group) is 1. The molecule has 0 aliphatic rings. The van der Waals surface area contributed by atoms with Crippen LogP contribution in [0.3, 0.4) is 0 Å². The summed E-state index contributed by atoms with van der Waals surface area (Å²) in [6, 6.07) is 11.9. The van der Waals surface area contributed by atoms with Crippen LogP contribution in [0, 0.1) is 0 Å². The second-order valence-electron chi connectivity index (χ2n) is 5.70. The number of hydrogen-bond donors (Lipinski definition) is 1. The highest BCUT2D eigenvalue weighted by Gasteiger charge is 2.08. The van der Waals surface area contributed by atoms with Crippen molar-refractivity contribution >= 4 is 5.91 Å². The molecule has 0 aliphatic heterocycles. The van der Waals surface area contributed by atoms with Gasteiger partial charge in [0.1, 0.15) is 5.75 Å². The van der Waals surface area contributed by atoms with E-state index in [1.54, 1.807) is 24.4 Å². The predicted octanol–water partition coefficient (Wildman–Crippen LogP) is 2.27. The van der Waals surface area contributed by atoms with Crippen molar-refractivity contribution < 1.29 is 9.53 Å². The molecule has 0 spiro atoms. The number of nitrogens with zero attached hydrogens (tertiary/aromatic N) is 2. The number of carbonyl (C=O) groups excluding carboxylic acids is 1. The maximum atomic E-state index is 12.1. The number of methoxy groups -OCH3 is 1. The van der Waals surface area contributed by atoms with Crippen molar-refractivity contribution in [2.45, 2.75) is 19.4 Å². The van der Waals surface area contributed by atoms with E-state index < -0.39 is 0 Å². The summed E-state index contributed by atoms with van der Waals surface area (Å²) in [5.41, 5.74) is 2.37. The number of carbonyl (C=O) groups is 1. The average Bonchev–Trinajstić information content (AvgIpc) is 2.64. The number of pyridine rings is 1. The van der Waals surface area contributed by atoms with E-state index in [4.69, 9.17) is 4.74 Å². The van der Waals surface area contributed by atoms with Crippen molar-refractivity contribution in [3.05, 3.63) is 59.9 Å². The summed E-state index contributed by atoms with van der Waals surface area (Å²) in [5, 5.41) is 3.30. The molecule has 24 heavy (non-hydrogen) atoms. The van der Waals surface area contributed by atoms with E-state index in [9.17, 15) is 4.79 Å². The largest absolute Gasteiger partial charge is 0.497 e. The normalized spacial score (nSPS) is 10.4. The topological polar surface area (TPSA) is 54.5 Å². The van der Waals surface area contributed by atoms with E-state index in [1.165, 1.54) is 11.1 Å². The Morgan fingerprint density at radius 2 is 1.83 bits per heavy atom. The van der Waals surface area contributed by atoms with Crippen LogP contribution in [0.2, 0.25) is 0 Å². The summed E-state index contributed by atoms with van der Waals surface area (Å²) in [7, 11) is 3.51. The van der Waals surface area contributed by atoms with Crippen LogP contribution in [0.1, 0.15) is 17.5 Å². The molecule has 0 saturated carbocycles. The van der Waals surface area contributed by atoms with Gasteiger partial charge < -0.3 is 15.0 Å². The zero-order valence-electron chi connectivity index (χ0n) is 14.4. The van der Waals surface area contributed by atoms with Crippen molar-refractivity contribution in [1.82, 2.24) is 15.2 Å². The Hall–Kier alpha value is -2.40. The lowest BCUT2D eigenvalue weighted by molar-refractivity contribution is -0.129. The minimum Gasteiger partial charge on any atom is -0.497 e. The third-order valence-electron chi connectivity index (χ3n) is 3.91. The first-order chi connectivity index (χ1) is 11.7. The molecule has 0 unspecified atom stereocenters. The van der Waals surface area contributed by atoms with Gasteiger partial charge in [0.25, 0.3) is 0 Å². The van der Waals surface area contributed by atoms with Gasteiger partial charge in [-0.15, -0.1) is 0 Å². The van der Waals surface area contributed by atoms with Gasteiger partial charge in [-0.3, -0.25) is 9.78 Å². The highest BCUT2D eigenvalue weighted by Crippen LogP contribution is 2.10. The molecule has 2 rings (SSSR count).